The highest BCUT2D eigenvalue weighted by molar-refractivity contribution is 6.30. The molecule has 0 aliphatic rings. The summed E-state index contributed by atoms with van der Waals surface area (Å²) >= 11 is 5.88. The zero-order chi connectivity index (χ0) is 24.1. The molecule has 3 aromatic heterocycles. The lowest BCUT2D eigenvalue weighted by molar-refractivity contribution is -0.120. The highest BCUT2D eigenvalue weighted by Crippen LogP contribution is 2.17. The first-order valence-corrected chi connectivity index (χ1v) is 11.0. The fraction of sp³-hybridized carbons (Fsp3) is 0.192. The number of pyridine rings is 2. The van der Waals surface area contributed by atoms with Gasteiger partial charge in [-0.25, -0.2) is 0 Å². The molecular formula is C26H22ClN3O4. The third-order valence-electron chi connectivity index (χ3n) is 5.21. The van der Waals surface area contributed by atoms with Crippen molar-refractivity contribution in [1.82, 2.24) is 14.9 Å². The monoisotopic (exact) mass is 475 g/mol. The molecule has 172 valence electrons. The molecule has 2 N–H and O–H groups in total. The molecule has 0 saturated carbocycles. The van der Waals surface area contributed by atoms with Crippen molar-refractivity contribution in [3.05, 3.63) is 98.8 Å². The zero-order valence-electron chi connectivity index (χ0n) is 18.4. The first-order valence-electron chi connectivity index (χ1n) is 10.6. The highest BCUT2D eigenvalue weighted by atomic mass is 35.5. The minimum absolute atomic E-state index is 0.0569. The van der Waals surface area contributed by atoms with Gasteiger partial charge in [0.1, 0.15) is 6.10 Å². The quantitative estimate of drug-likeness (QED) is 0.416. The van der Waals surface area contributed by atoms with Crippen molar-refractivity contribution in [2.24, 2.45) is 7.05 Å². The van der Waals surface area contributed by atoms with Crippen molar-refractivity contribution in [3.8, 4) is 11.8 Å². The van der Waals surface area contributed by atoms with E-state index in [9.17, 15) is 14.7 Å². The number of hydrogen-bond donors (Lipinski definition) is 2. The van der Waals surface area contributed by atoms with Gasteiger partial charge in [-0.2, -0.15) is 0 Å². The number of furan rings is 1. The zero-order valence-corrected chi connectivity index (χ0v) is 19.2. The van der Waals surface area contributed by atoms with Crippen LogP contribution >= 0.6 is 11.6 Å². The van der Waals surface area contributed by atoms with E-state index in [-0.39, 0.29) is 24.2 Å². The van der Waals surface area contributed by atoms with Crippen LogP contribution < -0.4 is 10.7 Å². The molecule has 0 radical (unpaired) electrons. The van der Waals surface area contributed by atoms with E-state index >= 15 is 0 Å². The van der Waals surface area contributed by atoms with E-state index in [1.54, 1.807) is 60.4 Å². The first-order chi connectivity index (χ1) is 16.4. The van der Waals surface area contributed by atoms with Crippen LogP contribution in [0.25, 0.3) is 11.1 Å². The molecule has 0 bridgehead atoms. The van der Waals surface area contributed by atoms with Crippen molar-refractivity contribution in [3.63, 3.8) is 0 Å². The Morgan fingerprint density at radius 2 is 2.06 bits per heavy atom. The second-order valence-corrected chi connectivity index (χ2v) is 8.22. The van der Waals surface area contributed by atoms with Crippen LogP contribution in [-0.4, -0.2) is 20.6 Å². The van der Waals surface area contributed by atoms with E-state index in [0.29, 0.717) is 39.7 Å². The van der Waals surface area contributed by atoms with Gasteiger partial charge in [-0.1, -0.05) is 35.7 Å². The number of amides is 1. The second-order valence-electron chi connectivity index (χ2n) is 7.78. The standard InChI is InChI=1S/C26H22ClN3O4/c1-30-16-18(13-24(32)29-15-17-8-10-19(27)11-9-17)25(33)21-14-20(34-26(21)30)5-4-7-23(31)22-6-2-3-12-28-22/h2-3,6,8-12,14,16,23,31H,7,13,15H2,1H3,(H,29,32). The van der Waals surface area contributed by atoms with E-state index in [4.69, 9.17) is 16.0 Å². The molecule has 4 rings (SSSR count). The number of aromatic nitrogens is 2. The van der Waals surface area contributed by atoms with E-state index in [2.05, 4.69) is 22.1 Å². The third-order valence-corrected chi connectivity index (χ3v) is 5.46. The van der Waals surface area contributed by atoms with Gasteiger partial charge >= 0.3 is 0 Å². The Kier molecular flexibility index (Phi) is 7.12. The van der Waals surface area contributed by atoms with Crippen LogP contribution in [0.1, 0.15) is 35.1 Å². The molecule has 1 unspecified atom stereocenters. The fourth-order valence-electron chi connectivity index (χ4n) is 3.47. The number of rotatable bonds is 6. The van der Waals surface area contributed by atoms with Gasteiger partial charge in [-0.15, -0.1) is 0 Å². The van der Waals surface area contributed by atoms with Gasteiger partial charge in [0, 0.05) is 49.1 Å². The minimum Gasteiger partial charge on any atom is -0.431 e. The molecular weight excluding hydrogens is 454 g/mol. The first kappa shape index (κ1) is 23.3. The number of halogens is 1. The van der Waals surface area contributed by atoms with Gasteiger partial charge in [0.15, 0.2) is 11.2 Å². The summed E-state index contributed by atoms with van der Waals surface area (Å²) in [6, 6.07) is 14.0. The van der Waals surface area contributed by atoms with E-state index in [1.165, 1.54) is 0 Å². The summed E-state index contributed by atoms with van der Waals surface area (Å²) < 4.78 is 7.38. The largest absolute Gasteiger partial charge is 0.431 e. The molecule has 8 heteroatoms. The molecule has 1 aromatic carbocycles. The smallest absolute Gasteiger partial charge is 0.224 e. The predicted molar refractivity (Wildman–Crippen MR) is 129 cm³/mol. The van der Waals surface area contributed by atoms with Crippen molar-refractivity contribution in [2.45, 2.75) is 25.5 Å². The van der Waals surface area contributed by atoms with Gasteiger partial charge in [0.2, 0.25) is 11.6 Å². The summed E-state index contributed by atoms with van der Waals surface area (Å²) in [4.78, 5) is 29.5. The summed E-state index contributed by atoms with van der Waals surface area (Å²) in [5, 5.41) is 14.0. The van der Waals surface area contributed by atoms with Crippen LogP contribution in [0.4, 0.5) is 0 Å². The van der Waals surface area contributed by atoms with Crippen molar-refractivity contribution in [2.75, 3.05) is 0 Å². The maximum atomic E-state index is 12.9. The van der Waals surface area contributed by atoms with Crippen LogP contribution in [0, 0.1) is 11.8 Å². The van der Waals surface area contributed by atoms with Crippen LogP contribution in [0.2, 0.25) is 5.02 Å². The predicted octanol–water partition coefficient (Wildman–Crippen LogP) is 3.51. The molecule has 0 spiro atoms. The summed E-state index contributed by atoms with van der Waals surface area (Å²) in [5.74, 6) is 5.75. The Balaban J connectivity index is 1.46. The SMILES string of the molecule is Cn1cc(CC(=O)NCc2ccc(Cl)cc2)c(=O)c2cc(C#CCC(O)c3ccccn3)oc21. The Hall–Kier alpha value is -3.86. The normalized spacial score (nSPS) is 11.6. The molecule has 0 aliphatic carbocycles. The molecule has 34 heavy (non-hydrogen) atoms. The average molecular weight is 476 g/mol. The van der Waals surface area contributed by atoms with Gasteiger partial charge < -0.3 is 19.4 Å². The molecule has 4 aromatic rings. The number of benzene rings is 1. The highest BCUT2D eigenvalue weighted by Gasteiger charge is 2.15. The van der Waals surface area contributed by atoms with Gasteiger partial charge in [0.05, 0.1) is 17.5 Å². The number of aliphatic hydroxyl groups excluding tert-OH is 1. The average Bonchev–Trinajstić information content (AvgIpc) is 3.27. The van der Waals surface area contributed by atoms with Gasteiger partial charge in [-0.05, 0) is 35.7 Å². The number of hydrogen-bond acceptors (Lipinski definition) is 5. The summed E-state index contributed by atoms with van der Waals surface area (Å²) in [6.45, 7) is 0.342. The molecule has 0 fully saturated rings. The maximum Gasteiger partial charge on any atom is 0.224 e. The molecule has 3 heterocycles. The van der Waals surface area contributed by atoms with Crippen LogP contribution in [0.3, 0.4) is 0 Å². The number of carbonyl (C=O) groups excluding carboxylic acids is 1. The Bertz CT molecular complexity index is 1430. The topological polar surface area (TPSA) is 97.4 Å². The lowest BCUT2D eigenvalue weighted by Crippen LogP contribution is -2.27. The summed E-state index contributed by atoms with van der Waals surface area (Å²) in [6.07, 6.45) is 2.50. The number of aliphatic hydroxyl groups is 1. The molecule has 1 atom stereocenters. The van der Waals surface area contributed by atoms with E-state index in [1.807, 2.05) is 12.1 Å². The van der Waals surface area contributed by atoms with Gasteiger partial charge in [0.25, 0.3) is 0 Å². The Morgan fingerprint density at radius 3 is 2.79 bits per heavy atom. The number of nitrogens with zero attached hydrogens (tertiary/aromatic N) is 2. The summed E-state index contributed by atoms with van der Waals surface area (Å²) in [5.41, 5.74) is 1.89. The summed E-state index contributed by atoms with van der Waals surface area (Å²) in [7, 11) is 1.74. The number of fused-ring (bicyclic) bond motifs is 1. The van der Waals surface area contributed by atoms with Crippen molar-refractivity contribution < 1.29 is 14.3 Å². The second kappa shape index (κ2) is 10.4. The molecule has 0 saturated heterocycles. The fourth-order valence-corrected chi connectivity index (χ4v) is 3.59. The van der Waals surface area contributed by atoms with Gasteiger partial charge in [-0.3, -0.25) is 14.6 Å². The molecule has 7 nitrogen and oxygen atoms in total. The van der Waals surface area contributed by atoms with E-state index < -0.39 is 6.10 Å². The van der Waals surface area contributed by atoms with Crippen LogP contribution in [0.5, 0.6) is 0 Å². The number of aryl methyl sites for hydroxylation is 1. The maximum absolute atomic E-state index is 12.9. The Labute approximate surface area is 201 Å². The lowest BCUT2D eigenvalue weighted by atomic mass is 10.1. The van der Waals surface area contributed by atoms with E-state index in [0.717, 1.165) is 5.56 Å². The van der Waals surface area contributed by atoms with Crippen molar-refractivity contribution in [1.29, 1.82) is 0 Å². The minimum atomic E-state index is -0.817. The Morgan fingerprint density at radius 1 is 1.26 bits per heavy atom. The molecule has 1 amide bonds. The number of carbonyl (C=O) groups is 1. The van der Waals surface area contributed by atoms with Crippen LogP contribution in [-0.2, 0) is 24.8 Å². The molecule has 0 aliphatic heterocycles. The third kappa shape index (κ3) is 5.54. The lowest BCUT2D eigenvalue weighted by Gasteiger charge is -2.07. The van der Waals surface area contributed by atoms with Crippen LogP contribution in [0.15, 0.2) is 70.1 Å². The number of nitrogens with one attached hydrogen (secondary N) is 1. The van der Waals surface area contributed by atoms with Crippen molar-refractivity contribution >= 4 is 28.6 Å².